The molecule has 3 nitrogen and oxygen atoms in total. The van der Waals surface area contributed by atoms with E-state index in [0.717, 1.165) is 11.7 Å². The van der Waals surface area contributed by atoms with E-state index >= 15 is 0 Å². The maximum absolute atomic E-state index is 5.86. The van der Waals surface area contributed by atoms with Crippen LogP contribution in [0, 0.1) is 5.92 Å². The summed E-state index contributed by atoms with van der Waals surface area (Å²) in [6.07, 6.45) is 8.07. The quantitative estimate of drug-likeness (QED) is 0.743. The van der Waals surface area contributed by atoms with E-state index in [0.29, 0.717) is 11.9 Å². The molecule has 1 aliphatic rings. The van der Waals surface area contributed by atoms with Crippen LogP contribution in [0.4, 0.5) is 0 Å². The van der Waals surface area contributed by atoms with Crippen molar-refractivity contribution in [2.24, 2.45) is 5.92 Å². The van der Waals surface area contributed by atoms with Crippen LogP contribution in [0.5, 0.6) is 0 Å². The van der Waals surface area contributed by atoms with Gasteiger partial charge in [-0.1, -0.05) is 26.2 Å². The van der Waals surface area contributed by atoms with E-state index in [9.17, 15) is 0 Å². The van der Waals surface area contributed by atoms with Gasteiger partial charge in [-0.15, -0.1) is 11.6 Å². The summed E-state index contributed by atoms with van der Waals surface area (Å²) in [4.78, 5) is 4.20. The van der Waals surface area contributed by atoms with Gasteiger partial charge >= 0.3 is 0 Å². The van der Waals surface area contributed by atoms with E-state index in [1.807, 2.05) is 0 Å². The largest absolute Gasteiger partial charge is 0.246 e. The first kappa shape index (κ1) is 10.9. The first-order valence-electron chi connectivity index (χ1n) is 5.81. The second kappa shape index (κ2) is 4.97. The number of hydrogen-bond donors (Lipinski definition) is 0. The summed E-state index contributed by atoms with van der Waals surface area (Å²) in [6.45, 7) is 2.26. The highest BCUT2D eigenvalue weighted by atomic mass is 35.5. The lowest BCUT2D eigenvalue weighted by molar-refractivity contribution is 0.213. The van der Waals surface area contributed by atoms with Gasteiger partial charge in [0.15, 0.2) is 0 Å². The molecular weight excluding hydrogens is 210 g/mol. The molecule has 2 rings (SSSR count). The molecule has 0 aliphatic heterocycles. The van der Waals surface area contributed by atoms with Crippen LogP contribution in [0.15, 0.2) is 6.33 Å². The van der Waals surface area contributed by atoms with E-state index in [1.54, 1.807) is 6.33 Å². The van der Waals surface area contributed by atoms with Gasteiger partial charge in [-0.3, -0.25) is 0 Å². The van der Waals surface area contributed by atoms with Gasteiger partial charge in [-0.25, -0.2) is 9.67 Å². The van der Waals surface area contributed by atoms with Gasteiger partial charge in [0.25, 0.3) is 0 Å². The van der Waals surface area contributed by atoms with Gasteiger partial charge in [0.1, 0.15) is 12.2 Å². The van der Waals surface area contributed by atoms with Crippen LogP contribution in [-0.2, 0) is 5.88 Å². The molecule has 0 saturated heterocycles. The molecule has 1 saturated carbocycles. The third-order valence-corrected chi connectivity index (χ3v) is 3.71. The van der Waals surface area contributed by atoms with Gasteiger partial charge in [0.05, 0.1) is 11.9 Å². The van der Waals surface area contributed by atoms with Crippen LogP contribution < -0.4 is 0 Å². The van der Waals surface area contributed by atoms with Crippen molar-refractivity contribution < 1.29 is 0 Å². The Morgan fingerprint density at radius 1 is 1.47 bits per heavy atom. The Morgan fingerprint density at radius 3 is 3.00 bits per heavy atom. The molecule has 4 heteroatoms. The number of hydrogen-bond acceptors (Lipinski definition) is 2. The van der Waals surface area contributed by atoms with Crippen molar-refractivity contribution in [2.75, 3.05) is 0 Å². The highest BCUT2D eigenvalue weighted by Gasteiger charge is 2.27. The molecule has 2 unspecified atom stereocenters. The molecule has 0 radical (unpaired) electrons. The SMILES string of the molecule is CCC1CCCCC1n1ncnc1CCl. The normalized spacial score (nSPS) is 26.8. The van der Waals surface area contributed by atoms with E-state index in [1.165, 1.54) is 32.1 Å². The van der Waals surface area contributed by atoms with Gasteiger partial charge in [0, 0.05) is 0 Å². The monoisotopic (exact) mass is 227 g/mol. The molecule has 1 heterocycles. The number of alkyl halides is 1. The van der Waals surface area contributed by atoms with Crippen molar-refractivity contribution in [1.29, 1.82) is 0 Å². The summed E-state index contributed by atoms with van der Waals surface area (Å²) < 4.78 is 2.06. The third-order valence-electron chi connectivity index (χ3n) is 3.47. The molecule has 1 aromatic heterocycles. The van der Waals surface area contributed by atoms with E-state index in [4.69, 9.17) is 11.6 Å². The molecule has 1 aliphatic carbocycles. The molecular formula is C11H18ClN3. The molecule has 0 aromatic carbocycles. The van der Waals surface area contributed by atoms with Crippen molar-refractivity contribution in [1.82, 2.24) is 14.8 Å². The summed E-state index contributed by atoms with van der Waals surface area (Å²) in [7, 11) is 0. The summed E-state index contributed by atoms with van der Waals surface area (Å²) in [5.74, 6) is 2.14. The lowest BCUT2D eigenvalue weighted by atomic mass is 9.83. The van der Waals surface area contributed by atoms with Crippen molar-refractivity contribution in [3.8, 4) is 0 Å². The number of aromatic nitrogens is 3. The maximum atomic E-state index is 5.86. The van der Waals surface area contributed by atoms with Gasteiger partial charge in [-0.05, 0) is 18.8 Å². The fourth-order valence-electron chi connectivity index (χ4n) is 2.63. The summed E-state index contributed by atoms with van der Waals surface area (Å²) in [5.41, 5.74) is 0. The first-order valence-corrected chi connectivity index (χ1v) is 6.34. The average Bonchev–Trinajstić information content (AvgIpc) is 2.76. The zero-order valence-electron chi connectivity index (χ0n) is 9.19. The first-order chi connectivity index (χ1) is 7.36. The molecule has 0 bridgehead atoms. The van der Waals surface area contributed by atoms with E-state index < -0.39 is 0 Å². The molecule has 15 heavy (non-hydrogen) atoms. The van der Waals surface area contributed by atoms with Crippen LogP contribution in [0.2, 0.25) is 0 Å². The van der Waals surface area contributed by atoms with Crippen LogP contribution in [0.3, 0.4) is 0 Å². The van der Waals surface area contributed by atoms with Gasteiger partial charge in [-0.2, -0.15) is 5.10 Å². The Labute approximate surface area is 95.8 Å². The lowest BCUT2D eigenvalue weighted by Gasteiger charge is -2.31. The Kier molecular flexibility index (Phi) is 3.62. The Hall–Kier alpha value is -0.570. The Balaban J connectivity index is 2.20. The smallest absolute Gasteiger partial charge is 0.142 e. The van der Waals surface area contributed by atoms with Crippen LogP contribution in [0.25, 0.3) is 0 Å². The molecule has 0 N–H and O–H groups in total. The number of nitrogens with zero attached hydrogens (tertiary/aromatic N) is 3. The number of rotatable bonds is 3. The third kappa shape index (κ3) is 2.17. The van der Waals surface area contributed by atoms with Gasteiger partial charge in [0.2, 0.25) is 0 Å². The fourth-order valence-corrected chi connectivity index (χ4v) is 2.82. The summed E-state index contributed by atoms with van der Waals surface area (Å²) in [6, 6.07) is 0.528. The van der Waals surface area contributed by atoms with Crippen LogP contribution in [-0.4, -0.2) is 14.8 Å². The molecule has 0 spiro atoms. The maximum Gasteiger partial charge on any atom is 0.142 e. The van der Waals surface area contributed by atoms with Crippen LogP contribution in [0.1, 0.15) is 50.9 Å². The number of halogens is 1. The van der Waals surface area contributed by atoms with E-state index in [-0.39, 0.29) is 0 Å². The fraction of sp³-hybridized carbons (Fsp3) is 0.818. The standard InChI is InChI=1S/C11H18ClN3/c1-2-9-5-3-4-6-10(9)15-11(7-12)13-8-14-15/h8-10H,2-7H2,1H3. The molecule has 2 atom stereocenters. The minimum Gasteiger partial charge on any atom is -0.246 e. The lowest BCUT2D eigenvalue weighted by Crippen LogP contribution is -2.25. The zero-order chi connectivity index (χ0) is 10.7. The average molecular weight is 228 g/mol. The predicted octanol–water partition coefficient (Wildman–Crippen LogP) is 3.16. The Bertz CT molecular complexity index is 311. The minimum atomic E-state index is 0.465. The second-order valence-corrected chi connectivity index (χ2v) is 4.54. The minimum absolute atomic E-state index is 0.465. The second-order valence-electron chi connectivity index (χ2n) is 4.27. The highest BCUT2D eigenvalue weighted by molar-refractivity contribution is 6.16. The summed E-state index contributed by atoms with van der Waals surface area (Å²) in [5, 5.41) is 4.33. The topological polar surface area (TPSA) is 30.7 Å². The Morgan fingerprint density at radius 2 is 2.27 bits per heavy atom. The predicted molar refractivity (Wildman–Crippen MR) is 60.9 cm³/mol. The van der Waals surface area contributed by atoms with Gasteiger partial charge < -0.3 is 0 Å². The summed E-state index contributed by atoms with van der Waals surface area (Å²) >= 11 is 5.86. The van der Waals surface area contributed by atoms with Crippen LogP contribution >= 0.6 is 11.6 Å². The van der Waals surface area contributed by atoms with Crippen molar-refractivity contribution in [3.05, 3.63) is 12.2 Å². The van der Waals surface area contributed by atoms with Crippen molar-refractivity contribution in [2.45, 2.75) is 50.9 Å². The van der Waals surface area contributed by atoms with Crippen molar-refractivity contribution in [3.63, 3.8) is 0 Å². The van der Waals surface area contributed by atoms with Crippen molar-refractivity contribution >= 4 is 11.6 Å². The molecule has 0 amide bonds. The zero-order valence-corrected chi connectivity index (χ0v) is 9.95. The van der Waals surface area contributed by atoms with E-state index in [2.05, 4.69) is 21.7 Å². The highest BCUT2D eigenvalue weighted by Crippen LogP contribution is 2.35. The molecule has 1 fully saturated rings. The molecule has 84 valence electrons. The molecule has 1 aromatic rings.